The number of allylic oxidation sites excluding steroid dienone is 2. The molecule has 1 saturated carbocycles. The fourth-order valence-electron chi connectivity index (χ4n) is 4.10. The first-order valence-electron chi connectivity index (χ1n) is 7.71. The number of carboxylic acid groups (broad SMARTS) is 1. The van der Waals surface area contributed by atoms with E-state index < -0.39 is 17.8 Å². The zero-order chi connectivity index (χ0) is 16.1. The Hall–Kier alpha value is -2.63. The number of ketones is 1. The minimum atomic E-state index is -0.864. The Morgan fingerprint density at radius 3 is 2.74 bits per heavy atom. The van der Waals surface area contributed by atoms with Crippen LogP contribution in [0.3, 0.4) is 0 Å². The smallest absolute Gasteiger partial charge is 0.307 e. The third-order valence-electron chi connectivity index (χ3n) is 5.06. The molecule has 0 spiro atoms. The Kier molecular flexibility index (Phi) is 3.01. The first kappa shape index (κ1) is 14.0. The van der Waals surface area contributed by atoms with Crippen LogP contribution >= 0.6 is 0 Å². The third kappa shape index (κ3) is 2.21. The molecule has 1 heterocycles. The van der Waals surface area contributed by atoms with Crippen molar-refractivity contribution in [3.8, 4) is 0 Å². The quantitative estimate of drug-likeness (QED) is 0.746. The summed E-state index contributed by atoms with van der Waals surface area (Å²) in [6.07, 6.45) is 4.97. The number of Topliss-reactive ketones (excluding diaryl/α,β-unsaturated/α-hetero) is 1. The second-order valence-electron chi connectivity index (χ2n) is 6.45. The van der Waals surface area contributed by atoms with Crippen molar-refractivity contribution in [2.24, 2.45) is 23.7 Å². The van der Waals surface area contributed by atoms with Crippen molar-refractivity contribution >= 4 is 28.7 Å². The maximum Gasteiger partial charge on any atom is 0.307 e. The van der Waals surface area contributed by atoms with E-state index in [0.29, 0.717) is 5.95 Å². The van der Waals surface area contributed by atoms with Crippen LogP contribution in [0, 0.1) is 23.7 Å². The van der Waals surface area contributed by atoms with Crippen LogP contribution in [-0.4, -0.2) is 26.8 Å². The number of H-pyrrole nitrogens is 1. The van der Waals surface area contributed by atoms with E-state index in [1.807, 2.05) is 30.4 Å². The summed E-state index contributed by atoms with van der Waals surface area (Å²) >= 11 is 0. The number of fused-ring (bicyclic) bond motifs is 3. The molecule has 1 aromatic heterocycles. The number of nitrogens with zero attached hydrogens (tertiary/aromatic N) is 1. The van der Waals surface area contributed by atoms with Crippen molar-refractivity contribution in [3.05, 3.63) is 35.9 Å². The fourth-order valence-corrected chi connectivity index (χ4v) is 4.10. The normalized spacial score (nSPS) is 28.5. The molecule has 23 heavy (non-hydrogen) atoms. The molecule has 6 heteroatoms. The molecule has 0 aliphatic heterocycles. The van der Waals surface area contributed by atoms with Crippen molar-refractivity contribution in [2.75, 3.05) is 5.73 Å². The van der Waals surface area contributed by atoms with Crippen LogP contribution in [0.2, 0.25) is 0 Å². The van der Waals surface area contributed by atoms with E-state index in [0.717, 1.165) is 23.0 Å². The molecule has 0 saturated heterocycles. The number of carbonyl (C=O) groups excluding carboxylic acids is 1. The lowest BCUT2D eigenvalue weighted by atomic mass is 9.79. The van der Waals surface area contributed by atoms with Gasteiger partial charge >= 0.3 is 5.97 Å². The summed E-state index contributed by atoms with van der Waals surface area (Å²) in [6.45, 7) is 0. The maximum atomic E-state index is 12.7. The number of anilines is 1. The number of hydrogen-bond donors (Lipinski definition) is 3. The molecule has 1 aromatic carbocycles. The van der Waals surface area contributed by atoms with Gasteiger partial charge in [0.05, 0.1) is 17.0 Å². The van der Waals surface area contributed by atoms with E-state index in [1.165, 1.54) is 0 Å². The Morgan fingerprint density at radius 1 is 1.26 bits per heavy atom. The lowest BCUT2D eigenvalue weighted by Gasteiger charge is -2.23. The maximum absolute atomic E-state index is 12.7. The Labute approximate surface area is 132 Å². The van der Waals surface area contributed by atoms with Crippen LogP contribution in [0.1, 0.15) is 12.0 Å². The van der Waals surface area contributed by atoms with Gasteiger partial charge in [0.15, 0.2) is 5.95 Å². The number of hydrogen-bond acceptors (Lipinski definition) is 4. The molecule has 2 aliphatic carbocycles. The molecule has 4 N–H and O–H groups in total. The van der Waals surface area contributed by atoms with E-state index in [9.17, 15) is 14.7 Å². The predicted octanol–water partition coefficient (Wildman–Crippen LogP) is 1.78. The van der Waals surface area contributed by atoms with E-state index in [4.69, 9.17) is 5.73 Å². The van der Waals surface area contributed by atoms with Gasteiger partial charge in [-0.05, 0) is 36.0 Å². The van der Waals surface area contributed by atoms with Gasteiger partial charge in [0.25, 0.3) is 0 Å². The second kappa shape index (κ2) is 4.94. The van der Waals surface area contributed by atoms with Crippen LogP contribution in [0.15, 0.2) is 30.4 Å². The zero-order valence-corrected chi connectivity index (χ0v) is 12.4. The fraction of sp³-hybridized carbons (Fsp3) is 0.353. The van der Waals surface area contributed by atoms with Crippen molar-refractivity contribution in [1.29, 1.82) is 0 Å². The average Bonchev–Trinajstić information content (AvgIpc) is 3.18. The summed E-state index contributed by atoms with van der Waals surface area (Å²) in [5.74, 6) is -1.44. The van der Waals surface area contributed by atoms with Gasteiger partial charge in [0.2, 0.25) is 0 Å². The van der Waals surface area contributed by atoms with Gasteiger partial charge in [0.1, 0.15) is 5.78 Å². The standard InChI is InChI=1S/C17H17N3O3/c18-17-19-11-4-1-8(5-12(11)20-17)6-13(21)14-9-2-3-10(7-9)15(14)16(22)23/h1-5,9-10,14-15H,6-7H2,(H,22,23)(H3,18,19,20)/t9?,10?,14-,15-/m0/s1. The third-order valence-corrected chi connectivity index (χ3v) is 5.06. The number of nitrogens with one attached hydrogen (secondary N) is 1. The molecule has 2 bridgehead atoms. The molecule has 118 valence electrons. The summed E-state index contributed by atoms with van der Waals surface area (Å²) in [7, 11) is 0. The van der Waals surface area contributed by atoms with Crippen LogP contribution in [-0.2, 0) is 16.0 Å². The topological polar surface area (TPSA) is 109 Å². The lowest BCUT2D eigenvalue weighted by molar-refractivity contribution is -0.147. The molecular formula is C17H17N3O3. The number of carbonyl (C=O) groups is 2. The molecule has 4 atom stereocenters. The van der Waals surface area contributed by atoms with Crippen molar-refractivity contribution in [2.45, 2.75) is 12.8 Å². The monoisotopic (exact) mass is 311 g/mol. The highest BCUT2D eigenvalue weighted by Gasteiger charge is 2.51. The van der Waals surface area contributed by atoms with Gasteiger partial charge in [-0.15, -0.1) is 0 Å². The van der Waals surface area contributed by atoms with Gasteiger partial charge in [0, 0.05) is 12.3 Å². The Bertz CT molecular complexity index is 839. The molecule has 2 unspecified atom stereocenters. The summed E-state index contributed by atoms with van der Waals surface area (Å²) in [5.41, 5.74) is 8.02. The minimum Gasteiger partial charge on any atom is -0.481 e. The molecule has 4 rings (SSSR count). The van der Waals surface area contributed by atoms with Gasteiger partial charge in [-0.25, -0.2) is 4.98 Å². The summed E-state index contributed by atoms with van der Waals surface area (Å²) in [4.78, 5) is 31.3. The molecule has 2 aliphatic rings. The number of aromatic nitrogens is 2. The lowest BCUT2D eigenvalue weighted by Crippen LogP contribution is -2.33. The van der Waals surface area contributed by atoms with Gasteiger partial charge in [-0.1, -0.05) is 18.2 Å². The molecule has 2 aromatic rings. The Balaban J connectivity index is 1.58. The molecule has 6 nitrogen and oxygen atoms in total. The number of aromatic amines is 1. The van der Waals surface area contributed by atoms with Crippen LogP contribution < -0.4 is 5.73 Å². The van der Waals surface area contributed by atoms with Crippen molar-refractivity contribution in [3.63, 3.8) is 0 Å². The number of carboxylic acids is 1. The molecule has 0 radical (unpaired) electrons. The van der Waals surface area contributed by atoms with E-state index in [-0.39, 0.29) is 24.0 Å². The average molecular weight is 311 g/mol. The van der Waals surface area contributed by atoms with Crippen molar-refractivity contribution < 1.29 is 14.7 Å². The van der Waals surface area contributed by atoms with Gasteiger partial charge in [-0.2, -0.15) is 0 Å². The second-order valence-corrected chi connectivity index (χ2v) is 6.45. The minimum absolute atomic E-state index is 0.00101. The van der Waals surface area contributed by atoms with E-state index in [2.05, 4.69) is 9.97 Å². The molecular weight excluding hydrogens is 294 g/mol. The number of nitrogens with two attached hydrogens (primary N) is 1. The highest BCUT2D eigenvalue weighted by Crippen LogP contribution is 2.48. The summed E-state index contributed by atoms with van der Waals surface area (Å²) in [5, 5.41) is 9.45. The van der Waals surface area contributed by atoms with E-state index in [1.54, 1.807) is 0 Å². The molecule has 1 fully saturated rings. The number of nitrogen functional groups attached to an aromatic ring is 1. The van der Waals surface area contributed by atoms with Crippen molar-refractivity contribution in [1.82, 2.24) is 9.97 Å². The van der Waals surface area contributed by atoms with Gasteiger partial charge in [-0.3, -0.25) is 9.59 Å². The van der Waals surface area contributed by atoms with E-state index >= 15 is 0 Å². The first-order chi connectivity index (χ1) is 11.0. The SMILES string of the molecule is Nc1nc2ccc(CC(=O)[C@@H]3C4C=CC(C4)[C@@H]3C(=O)O)cc2[nH]1. The summed E-state index contributed by atoms with van der Waals surface area (Å²) in [6, 6.07) is 5.52. The van der Waals surface area contributed by atoms with Crippen LogP contribution in [0.4, 0.5) is 5.95 Å². The highest BCUT2D eigenvalue weighted by molar-refractivity contribution is 5.90. The zero-order valence-electron chi connectivity index (χ0n) is 12.4. The van der Waals surface area contributed by atoms with Crippen LogP contribution in [0.25, 0.3) is 11.0 Å². The number of aliphatic carboxylic acids is 1. The van der Waals surface area contributed by atoms with Gasteiger partial charge < -0.3 is 15.8 Å². The largest absolute Gasteiger partial charge is 0.481 e. The number of benzene rings is 1. The molecule has 0 amide bonds. The number of imidazole rings is 1. The Morgan fingerprint density at radius 2 is 2.00 bits per heavy atom. The first-order valence-corrected chi connectivity index (χ1v) is 7.71. The number of rotatable bonds is 4. The summed E-state index contributed by atoms with van der Waals surface area (Å²) < 4.78 is 0. The highest BCUT2D eigenvalue weighted by atomic mass is 16.4. The van der Waals surface area contributed by atoms with Crippen LogP contribution in [0.5, 0.6) is 0 Å². The predicted molar refractivity (Wildman–Crippen MR) is 84.6 cm³/mol.